The minimum Gasteiger partial charge on any atom is -0.368 e. The number of hydrogen-bond acceptors (Lipinski definition) is 4. The van der Waals surface area contributed by atoms with Crippen LogP contribution in [0.2, 0.25) is 0 Å². The van der Waals surface area contributed by atoms with E-state index in [1.165, 1.54) is 5.56 Å². The van der Waals surface area contributed by atoms with E-state index in [0.29, 0.717) is 11.1 Å². The van der Waals surface area contributed by atoms with Gasteiger partial charge in [-0.1, -0.05) is 42.1 Å². The minimum atomic E-state index is 0. The van der Waals surface area contributed by atoms with E-state index in [4.69, 9.17) is 5.73 Å². The van der Waals surface area contributed by atoms with Crippen molar-refractivity contribution in [3.05, 3.63) is 35.9 Å². The molecule has 1 aromatic heterocycles. The smallest absolute Gasteiger partial charge is 0.216 e. The molecule has 6 heteroatoms. The summed E-state index contributed by atoms with van der Waals surface area (Å²) in [5, 5.41) is 7.22. The number of rotatable bonds is 3. The van der Waals surface area contributed by atoms with E-state index in [1.807, 2.05) is 18.2 Å². The normalized spacial score (nSPS) is 9.60. The van der Waals surface area contributed by atoms with Crippen LogP contribution in [0.3, 0.4) is 0 Å². The molecule has 0 amide bonds. The summed E-state index contributed by atoms with van der Waals surface area (Å²) in [4.78, 5) is 4.00. The molecule has 0 saturated heterocycles. The summed E-state index contributed by atoms with van der Waals surface area (Å²) >= 11 is 1.56. The third kappa shape index (κ3) is 3.71. The van der Waals surface area contributed by atoms with Crippen molar-refractivity contribution < 1.29 is 22.4 Å². The van der Waals surface area contributed by atoms with Gasteiger partial charge in [0.1, 0.15) is 0 Å². The maximum absolute atomic E-state index is 5.41. The molecule has 0 bridgehead atoms. The monoisotopic (exact) mass is 313 g/mol. The number of hydrogen-bond donors (Lipinski definition) is 2. The summed E-state index contributed by atoms with van der Waals surface area (Å²) < 4.78 is 0. The van der Waals surface area contributed by atoms with Gasteiger partial charge in [-0.25, -0.2) is 5.10 Å². The third-order valence-electron chi connectivity index (χ3n) is 1.69. The Morgan fingerprint density at radius 3 is 2.60 bits per heavy atom. The molecule has 0 fully saturated rings. The second-order valence-corrected chi connectivity index (χ2v) is 3.72. The van der Waals surface area contributed by atoms with E-state index in [0.717, 1.165) is 5.75 Å². The Balaban J connectivity index is 0.00000112. The van der Waals surface area contributed by atoms with Gasteiger partial charge < -0.3 is 5.73 Å². The van der Waals surface area contributed by atoms with Crippen LogP contribution in [0.1, 0.15) is 5.56 Å². The number of aromatic amines is 1. The predicted octanol–water partition coefficient (Wildman–Crippen LogP) is 1.68. The van der Waals surface area contributed by atoms with E-state index in [2.05, 4.69) is 27.3 Å². The molecular formula is C9H10AgN4S. The molecular weight excluding hydrogens is 304 g/mol. The molecule has 15 heavy (non-hydrogen) atoms. The van der Waals surface area contributed by atoms with Crippen LogP contribution in [0.15, 0.2) is 35.5 Å². The Kier molecular flexibility index (Phi) is 4.90. The van der Waals surface area contributed by atoms with Gasteiger partial charge in [0.25, 0.3) is 0 Å². The summed E-state index contributed by atoms with van der Waals surface area (Å²) in [5.74, 6) is 1.22. The minimum absolute atomic E-state index is 0. The zero-order valence-corrected chi connectivity index (χ0v) is 10.1. The molecule has 1 aromatic carbocycles. The number of nitrogens with two attached hydrogens (primary N) is 1. The summed E-state index contributed by atoms with van der Waals surface area (Å²) in [6.07, 6.45) is 0. The summed E-state index contributed by atoms with van der Waals surface area (Å²) in [6, 6.07) is 10.2. The zero-order valence-electron chi connectivity index (χ0n) is 7.78. The Hall–Kier alpha value is -0.750. The molecule has 1 heterocycles. The molecule has 4 nitrogen and oxygen atoms in total. The fraction of sp³-hybridized carbons (Fsp3) is 0.111. The number of aromatic nitrogens is 3. The van der Waals surface area contributed by atoms with E-state index < -0.39 is 0 Å². The van der Waals surface area contributed by atoms with Gasteiger partial charge in [-0.3, -0.25) is 0 Å². The molecule has 0 aliphatic rings. The summed E-state index contributed by atoms with van der Waals surface area (Å²) in [5.41, 5.74) is 6.66. The van der Waals surface area contributed by atoms with Gasteiger partial charge in [0, 0.05) is 28.1 Å². The van der Waals surface area contributed by atoms with E-state index in [1.54, 1.807) is 11.8 Å². The average molecular weight is 314 g/mol. The summed E-state index contributed by atoms with van der Waals surface area (Å²) in [6.45, 7) is 0. The maximum Gasteiger partial charge on any atom is 0.216 e. The molecule has 0 saturated carbocycles. The Bertz CT molecular complexity index is 404. The number of benzene rings is 1. The molecule has 1 radical (unpaired) electrons. The maximum atomic E-state index is 5.41. The van der Waals surface area contributed by atoms with Crippen molar-refractivity contribution in [2.24, 2.45) is 0 Å². The van der Waals surface area contributed by atoms with E-state index in [9.17, 15) is 0 Å². The topological polar surface area (TPSA) is 67.6 Å². The number of nitrogen functional groups attached to an aromatic ring is 1. The first kappa shape index (κ1) is 12.3. The van der Waals surface area contributed by atoms with Gasteiger partial charge >= 0.3 is 0 Å². The molecule has 0 spiro atoms. The van der Waals surface area contributed by atoms with Gasteiger partial charge in [-0.05, 0) is 5.56 Å². The van der Waals surface area contributed by atoms with Crippen molar-refractivity contribution in [1.29, 1.82) is 0 Å². The quantitative estimate of drug-likeness (QED) is 0.668. The average Bonchev–Trinajstić information content (AvgIpc) is 2.63. The van der Waals surface area contributed by atoms with Crippen LogP contribution in [0.25, 0.3) is 0 Å². The molecule has 0 aliphatic carbocycles. The first-order valence-electron chi connectivity index (χ1n) is 4.19. The van der Waals surface area contributed by atoms with Crippen LogP contribution >= 0.6 is 11.8 Å². The van der Waals surface area contributed by atoms with Crippen molar-refractivity contribution >= 4 is 17.7 Å². The van der Waals surface area contributed by atoms with Gasteiger partial charge in [0.15, 0.2) is 0 Å². The van der Waals surface area contributed by atoms with Crippen molar-refractivity contribution in [3.63, 3.8) is 0 Å². The first-order valence-corrected chi connectivity index (χ1v) is 5.18. The third-order valence-corrected chi connectivity index (χ3v) is 2.61. The van der Waals surface area contributed by atoms with Gasteiger partial charge in [-0.15, -0.1) is 5.10 Å². The molecule has 0 unspecified atom stereocenters. The zero-order chi connectivity index (χ0) is 9.80. The van der Waals surface area contributed by atoms with Gasteiger partial charge in [0.2, 0.25) is 11.1 Å². The van der Waals surface area contributed by atoms with Gasteiger partial charge in [-0.2, -0.15) is 4.98 Å². The van der Waals surface area contributed by atoms with E-state index >= 15 is 0 Å². The predicted molar refractivity (Wildman–Crippen MR) is 56.8 cm³/mol. The second-order valence-electron chi connectivity index (χ2n) is 2.78. The fourth-order valence-electron chi connectivity index (χ4n) is 1.04. The summed E-state index contributed by atoms with van der Waals surface area (Å²) in [7, 11) is 0. The Morgan fingerprint density at radius 1 is 1.27 bits per heavy atom. The number of H-pyrrole nitrogens is 1. The largest absolute Gasteiger partial charge is 0.368 e. The van der Waals surface area contributed by atoms with Gasteiger partial charge in [0.05, 0.1) is 0 Å². The molecule has 2 rings (SSSR count). The van der Waals surface area contributed by atoms with Crippen LogP contribution in [0.5, 0.6) is 0 Å². The van der Waals surface area contributed by atoms with Crippen LogP contribution in [0.4, 0.5) is 5.95 Å². The number of nitrogens with one attached hydrogen (secondary N) is 1. The van der Waals surface area contributed by atoms with E-state index in [-0.39, 0.29) is 22.4 Å². The van der Waals surface area contributed by atoms with Crippen molar-refractivity contribution in [1.82, 2.24) is 15.2 Å². The standard InChI is InChI=1S/C9H10N4S.Ag/c10-8-11-9(13-12-8)14-6-7-4-2-1-3-5-7;/h1-5H,6H2,(H3,10,11,12,13);. The molecule has 83 valence electrons. The first-order chi connectivity index (χ1) is 6.84. The van der Waals surface area contributed by atoms with Crippen LogP contribution in [0, 0.1) is 0 Å². The SMILES string of the molecule is Nc1nc(SCc2ccccc2)n[nH]1.[Ag]. The molecule has 2 aromatic rings. The molecule has 3 N–H and O–H groups in total. The fourth-order valence-corrected chi connectivity index (χ4v) is 1.81. The van der Waals surface area contributed by atoms with Crippen LogP contribution in [-0.4, -0.2) is 15.2 Å². The second kappa shape index (κ2) is 5.97. The van der Waals surface area contributed by atoms with Crippen LogP contribution < -0.4 is 5.73 Å². The van der Waals surface area contributed by atoms with Crippen molar-refractivity contribution in [2.75, 3.05) is 5.73 Å². The van der Waals surface area contributed by atoms with Crippen molar-refractivity contribution in [2.45, 2.75) is 10.9 Å². The number of nitrogens with zero attached hydrogens (tertiary/aromatic N) is 2. The Labute approximate surface area is 108 Å². The molecule has 0 aliphatic heterocycles. The van der Waals surface area contributed by atoms with Crippen molar-refractivity contribution in [3.8, 4) is 0 Å². The molecule has 0 atom stereocenters. The number of thioether (sulfide) groups is 1. The number of anilines is 1. The Morgan fingerprint density at radius 2 is 2.00 bits per heavy atom. The van der Waals surface area contributed by atoms with Crippen LogP contribution in [-0.2, 0) is 28.1 Å².